The number of alkyl halides is 6. The molecule has 12 heteroatoms. The number of nitrogens with one attached hydrogen (secondary N) is 1. The van der Waals surface area contributed by atoms with E-state index in [4.69, 9.17) is 4.74 Å². The predicted molar refractivity (Wildman–Crippen MR) is 136 cm³/mol. The van der Waals surface area contributed by atoms with Crippen molar-refractivity contribution in [3.05, 3.63) is 70.3 Å². The monoisotopic (exact) mass is 573 g/mol. The van der Waals surface area contributed by atoms with Gasteiger partial charge in [-0.15, -0.1) is 0 Å². The minimum atomic E-state index is -5.01. The Morgan fingerprint density at radius 2 is 1.55 bits per heavy atom. The second kappa shape index (κ2) is 11.2. The lowest BCUT2D eigenvalue weighted by molar-refractivity contribution is -0.143. The fraction of sp³-hybridized carbons (Fsp3) is 0.500. The van der Waals surface area contributed by atoms with Crippen LogP contribution in [0.3, 0.4) is 0 Å². The first kappa shape index (κ1) is 31.1. The van der Waals surface area contributed by atoms with Crippen molar-refractivity contribution in [2.75, 3.05) is 13.6 Å². The summed E-state index contributed by atoms with van der Waals surface area (Å²) >= 11 is 0. The number of likely N-dealkylation sites (tertiary alicyclic amines) is 1. The van der Waals surface area contributed by atoms with Crippen LogP contribution in [0.25, 0.3) is 0 Å². The third-order valence-corrected chi connectivity index (χ3v) is 6.83. The molecule has 0 spiro atoms. The van der Waals surface area contributed by atoms with Crippen molar-refractivity contribution in [1.82, 2.24) is 15.1 Å². The second-order valence-corrected chi connectivity index (χ2v) is 10.9. The summed E-state index contributed by atoms with van der Waals surface area (Å²) in [5, 5.41) is 2.82. The van der Waals surface area contributed by atoms with Crippen LogP contribution in [0.1, 0.15) is 74.0 Å². The molecule has 1 saturated heterocycles. The van der Waals surface area contributed by atoms with Crippen LogP contribution in [0.2, 0.25) is 0 Å². The Kier molecular flexibility index (Phi) is 8.71. The van der Waals surface area contributed by atoms with E-state index in [1.54, 1.807) is 32.9 Å². The molecular formula is C28H33F6N3O3. The Labute approximate surface area is 229 Å². The normalized spacial score (nSPS) is 18.9. The van der Waals surface area contributed by atoms with Crippen LogP contribution in [-0.4, -0.2) is 47.2 Å². The van der Waals surface area contributed by atoms with E-state index in [-0.39, 0.29) is 18.2 Å². The molecule has 6 nitrogen and oxygen atoms in total. The summed E-state index contributed by atoms with van der Waals surface area (Å²) in [6.07, 6.45) is -10.3. The lowest BCUT2D eigenvalue weighted by Gasteiger charge is -2.35. The van der Waals surface area contributed by atoms with E-state index in [0.717, 1.165) is 16.0 Å². The molecule has 3 rings (SSSR count). The van der Waals surface area contributed by atoms with Gasteiger partial charge in [0.05, 0.1) is 29.3 Å². The third kappa shape index (κ3) is 7.19. The van der Waals surface area contributed by atoms with Gasteiger partial charge in [0.1, 0.15) is 5.60 Å². The molecule has 3 amide bonds. The molecule has 40 heavy (non-hydrogen) atoms. The molecule has 1 aliphatic heterocycles. The zero-order chi connectivity index (χ0) is 30.2. The number of ether oxygens (including phenoxy) is 1. The van der Waals surface area contributed by atoms with Crippen LogP contribution in [0.15, 0.2) is 42.5 Å². The Bertz CT molecular complexity index is 1210. The Morgan fingerprint density at radius 1 is 1.00 bits per heavy atom. The number of alkyl carbamates (subject to hydrolysis) is 1. The van der Waals surface area contributed by atoms with E-state index >= 15 is 0 Å². The van der Waals surface area contributed by atoms with Gasteiger partial charge in [0.2, 0.25) is 0 Å². The number of nitrogens with zero attached hydrogens (tertiary/aromatic N) is 2. The third-order valence-electron chi connectivity index (χ3n) is 6.83. The number of halogens is 6. The van der Waals surface area contributed by atoms with Crippen molar-refractivity contribution in [2.45, 2.75) is 77.1 Å². The maximum Gasteiger partial charge on any atom is 0.416 e. The maximum atomic E-state index is 13.7. The van der Waals surface area contributed by atoms with Crippen molar-refractivity contribution in [2.24, 2.45) is 0 Å². The zero-order valence-corrected chi connectivity index (χ0v) is 23.1. The van der Waals surface area contributed by atoms with Crippen molar-refractivity contribution >= 4 is 12.1 Å². The molecule has 1 fully saturated rings. The van der Waals surface area contributed by atoms with Gasteiger partial charge in [0.25, 0.3) is 0 Å². The summed E-state index contributed by atoms with van der Waals surface area (Å²) in [5.41, 5.74) is -2.39. The predicted octanol–water partition coefficient (Wildman–Crippen LogP) is 7.49. The minimum absolute atomic E-state index is 0.0552. The van der Waals surface area contributed by atoms with Gasteiger partial charge in [-0.25, -0.2) is 9.59 Å². The minimum Gasteiger partial charge on any atom is -0.444 e. The number of hydrogen-bond donors (Lipinski definition) is 1. The average Bonchev–Trinajstić information content (AvgIpc) is 3.23. The Morgan fingerprint density at radius 3 is 2.05 bits per heavy atom. The molecule has 0 aliphatic carbocycles. The smallest absolute Gasteiger partial charge is 0.416 e. The molecule has 0 unspecified atom stereocenters. The summed E-state index contributed by atoms with van der Waals surface area (Å²) in [6, 6.07) is 5.61. The first-order valence-electron chi connectivity index (χ1n) is 12.7. The molecule has 0 bridgehead atoms. The Balaban J connectivity index is 1.95. The van der Waals surface area contributed by atoms with Crippen LogP contribution in [-0.2, 0) is 17.1 Å². The second-order valence-electron chi connectivity index (χ2n) is 10.9. The molecule has 0 aromatic heterocycles. The summed E-state index contributed by atoms with van der Waals surface area (Å²) in [5.74, 6) is 0. The number of benzene rings is 2. The molecule has 0 radical (unpaired) electrons. The fourth-order valence-corrected chi connectivity index (χ4v) is 4.73. The quantitative estimate of drug-likeness (QED) is 0.386. The average molecular weight is 574 g/mol. The first-order valence-corrected chi connectivity index (χ1v) is 12.7. The molecule has 220 valence electrons. The maximum absolute atomic E-state index is 13.7. The van der Waals surface area contributed by atoms with Crippen LogP contribution in [0.5, 0.6) is 0 Å². The highest BCUT2D eigenvalue weighted by atomic mass is 19.4. The van der Waals surface area contributed by atoms with Crippen LogP contribution < -0.4 is 5.32 Å². The lowest BCUT2D eigenvalue weighted by atomic mass is 9.96. The van der Waals surface area contributed by atoms with E-state index in [2.05, 4.69) is 5.32 Å². The SMILES string of the molecule is Cc1ccccc1[C@H]1[C@H](NC(=O)OC(C)(C)C)CCN1C(=O)N(C)[C@H](C)c1cc(C(F)(F)F)cc(C(F)(F)F)c1. The largest absolute Gasteiger partial charge is 0.444 e. The van der Waals surface area contributed by atoms with E-state index in [1.165, 1.54) is 18.9 Å². The van der Waals surface area contributed by atoms with Crippen molar-refractivity contribution in [3.8, 4) is 0 Å². The number of urea groups is 1. The van der Waals surface area contributed by atoms with Gasteiger partial charge in [0, 0.05) is 13.6 Å². The van der Waals surface area contributed by atoms with Crippen LogP contribution >= 0.6 is 0 Å². The first-order chi connectivity index (χ1) is 18.3. The van der Waals surface area contributed by atoms with E-state index < -0.39 is 59.3 Å². The van der Waals surface area contributed by atoms with Gasteiger partial charge in [0.15, 0.2) is 0 Å². The van der Waals surface area contributed by atoms with E-state index in [9.17, 15) is 35.9 Å². The van der Waals surface area contributed by atoms with Crippen molar-refractivity contribution in [3.63, 3.8) is 0 Å². The highest BCUT2D eigenvalue weighted by Crippen LogP contribution is 2.40. The molecule has 1 N–H and O–H groups in total. The fourth-order valence-electron chi connectivity index (χ4n) is 4.73. The molecule has 3 atom stereocenters. The number of rotatable bonds is 4. The highest BCUT2D eigenvalue weighted by molar-refractivity contribution is 5.76. The summed E-state index contributed by atoms with van der Waals surface area (Å²) in [4.78, 5) is 28.9. The number of hydrogen-bond acceptors (Lipinski definition) is 3. The van der Waals surface area contributed by atoms with Crippen molar-refractivity contribution in [1.29, 1.82) is 0 Å². The summed E-state index contributed by atoms with van der Waals surface area (Å²) in [7, 11) is 1.32. The van der Waals surface area contributed by atoms with Gasteiger partial charge in [-0.1, -0.05) is 24.3 Å². The molecular weight excluding hydrogens is 540 g/mol. The van der Waals surface area contributed by atoms with Gasteiger partial charge >= 0.3 is 24.5 Å². The lowest BCUT2D eigenvalue weighted by Crippen LogP contribution is -2.46. The topological polar surface area (TPSA) is 61.9 Å². The van der Waals surface area contributed by atoms with E-state index in [1.807, 2.05) is 19.1 Å². The number of amides is 3. The molecule has 1 aliphatic rings. The number of aryl methyl sites for hydroxylation is 1. The molecule has 0 saturated carbocycles. The van der Waals surface area contributed by atoms with Gasteiger partial charge in [-0.3, -0.25) is 0 Å². The van der Waals surface area contributed by atoms with E-state index in [0.29, 0.717) is 18.6 Å². The van der Waals surface area contributed by atoms with Gasteiger partial charge in [-0.2, -0.15) is 26.3 Å². The van der Waals surface area contributed by atoms with Crippen LogP contribution in [0, 0.1) is 6.92 Å². The van der Waals surface area contributed by atoms with Crippen molar-refractivity contribution < 1.29 is 40.7 Å². The standard InChI is InChI=1S/C28H33F6N3O3/c1-16-9-7-8-10-21(16)23-22(35-24(38)40-26(3,4)5)11-12-37(23)25(39)36(6)17(2)18-13-19(27(29,30)31)15-20(14-18)28(32,33)34/h7-10,13-15,17,22-23H,11-12H2,1-6H3,(H,35,38)/t17-,22-,23+/m1/s1. The van der Waals surface area contributed by atoms with Crippen LogP contribution in [0.4, 0.5) is 35.9 Å². The summed E-state index contributed by atoms with van der Waals surface area (Å²) < 4.78 is 86.0. The Hall–Kier alpha value is -3.44. The molecule has 1 heterocycles. The zero-order valence-electron chi connectivity index (χ0n) is 23.1. The number of carbonyl (C=O) groups excluding carboxylic acids is 2. The summed E-state index contributed by atoms with van der Waals surface area (Å²) in [6.45, 7) is 8.53. The molecule has 2 aromatic carbocycles. The van der Waals surface area contributed by atoms with Gasteiger partial charge < -0.3 is 19.9 Å². The van der Waals surface area contributed by atoms with Gasteiger partial charge in [-0.05, 0) is 75.9 Å². The molecule has 2 aromatic rings. The highest BCUT2D eigenvalue weighted by Gasteiger charge is 2.43. The number of carbonyl (C=O) groups is 2.